The van der Waals surface area contributed by atoms with Crippen molar-refractivity contribution < 1.29 is 13.5 Å². The Bertz CT molecular complexity index is 357. The molecule has 1 rings (SSSR count). The molecule has 0 aliphatic rings. The maximum Gasteiger partial charge on any atom is 0.167 e. The first kappa shape index (κ1) is 9.46. The van der Waals surface area contributed by atoms with Crippen molar-refractivity contribution in [3.8, 4) is 11.8 Å². The van der Waals surface area contributed by atoms with Crippen LogP contribution in [0.25, 0.3) is 0 Å². The second kappa shape index (κ2) is 3.85. The minimum absolute atomic E-state index is 0.0494. The zero-order valence-electron chi connectivity index (χ0n) is 6.97. The Balaban J connectivity index is 3.16. The summed E-state index contributed by atoms with van der Waals surface area (Å²) in [6, 6.07) is 3.68. The van der Waals surface area contributed by atoms with E-state index in [1.54, 1.807) is 6.07 Å². The smallest absolute Gasteiger partial charge is 0.167 e. The Morgan fingerprint density at radius 3 is 2.62 bits per heavy atom. The average Bonchev–Trinajstić information content (AvgIpc) is 2.10. The molecule has 0 unspecified atom stereocenters. The third-order valence-corrected chi connectivity index (χ3v) is 1.59. The van der Waals surface area contributed by atoms with Crippen LogP contribution in [0.5, 0.6) is 5.75 Å². The van der Waals surface area contributed by atoms with Gasteiger partial charge in [-0.25, -0.2) is 8.78 Å². The average molecular weight is 183 g/mol. The van der Waals surface area contributed by atoms with Crippen molar-refractivity contribution in [1.82, 2.24) is 0 Å². The van der Waals surface area contributed by atoms with Crippen molar-refractivity contribution in [2.24, 2.45) is 0 Å². The van der Waals surface area contributed by atoms with E-state index in [-0.39, 0.29) is 17.7 Å². The van der Waals surface area contributed by atoms with Gasteiger partial charge in [0.25, 0.3) is 0 Å². The maximum atomic E-state index is 12.9. The third kappa shape index (κ3) is 1.94. The summed E-state index contributed by atoms with van der Waals surface area (Å²) in [6.07, 6.45) is -0.0948. The van der Waals surface area contributed by atoms with Crippen LogP contribution in [0.15, 0.2) is 12.1 Å². The van der Waals surface area contributed by atoms with E-state index in [0.29, 0.717) is 6.07 Å². The fourth-order valence-corrected chi connectivity index (χ4v) is 0.948. The highest BCUT2D eigenvalue weighted by Crippen LogP contribution is 2.21. The lowest BCUT2D eigenvalue weighted by Gasteiger charge is -2.04. The number of benzene rings is 1. The molecule has 0 radical (unpaired) electrons. The van der Waals surface area contributed by atoms with E-state index in [0.717, 1.165) is 0 Å². The van der Waals surface area contributed by atoms with E-state index in [1.807, 2.05) is 0 Å². The highest BCUT2D eigenvalue weighted by atomic mass is 19.1. The van der Waals surface area contributed by atoms with Gasteiger partial charge in [-0.1, -0.05) is 0 Å². The van der Waals surface area contributed by atoms with Gasteiger partial charge in [0, 0.05) is 11.6 Å². The minimum Gasteiger partial charge on any atom is -0.494 e. The normalized spacial score (nSPS) is 9.38. The topological polar surface area (TPSA) is 33.0 Å². The number of hydrogen-bond acceptors (Lipinski definition) is 2. The van der Waals surface area contributed by atoms with Crippen LogP contribution in [0.1, 0.15) is 5.56 Å². The van der Waals surface area contributed by atoms with Gasteiger partial charge in [-0.3, -0.25) is 0 Å². The standard InChI is InChI=1S/C9H7F2NO/c1-13-9-4-6(2-3-12)7(10)5-8(9)11/h4-5H,2H2,1H3. The number of nitrogens with zero attached hydrogens (tertiary/aromatic N) is 1. The molecule has 0 aromatic heterocycles. The molecule has 0 atom stereocenters. The lowest BCUT2D eigenvalue weighted by Crippen LogP contribution is -1.94. The van der Waals surface area contributed by atoms with Crippen LogP contribution < -0.4 is 4.74 Å². The molecule has 2 nitrogen and oxygen atoms in total. The molecule has 13 heavy (non-hydrogen) atoms. The SMILES string of the molecule is COc1cc(CC#N)c(F)cc1F. The van der Waals surface area contributed by atoms with Gasteiger partial charge in [0.1, 0.15) is 5.82 Å². The summed E-state index contributed by atoms with van der Waals surface area (Å²) < 4.78 is 30.4. The van der Waals surface area contributed by atoms with Crippen molar-refractivity contribution >= 4 is 0 Å². The molecule has 1 aromatic rings. The van der Waals surface area contributed by atoms with Crippen LogP contribution in [0.3, 0.4) is 0 Å². The molecule has 0 N–H and O–H groups in total. The summed E-state index contributed by atoms with van der Waals surface area (Å²) in [5.74, 6) is -1.53. The molecule has 0 spiro atoms. The Kier molecular flexibility index (Phi) is 2.80. The van der Waals surface area contributed by atoms with Gasteiger partial charge < -0.3 is 4.74 Å². The van der Waals surface area contributed by atoms with Crippen molar-refractivity contribution in [3.63, 3.8) is 0 Å². The molecule has 0 bridgehead atoms. The Morgan fingerprint density at radius 1 is 1.38 bits per heavy atom. The zero-order chi connectivity index (χ0) is 9.84. The molecule has 0 fully saturated rings. The van der Waals surface area contributed by atoms with Gasteiger partial charge in [-0.05, 0) is 6.07 Å². The van der Waals surface area contributed by atoms with E-state index < -0.39 is 11.6 Å². The van der Waals surface area contributed by atoms with Crippen LogP contribution in [0.2, 0.25) is 0 Å². The summed E-state index contributed by atoms with van der Waals surface area (Å²) >= 11 is 0. The van der Waals surface area contributed by atoms with E-state index in [1.165, 1.54) is 13.2 Å². The van der Waals surface area contributed by atoms with Crippen LogP contribution >= 0.6 is 0 Å². The van der Waals surface area contributed by atoms with Crippen LogP contribution in [-0.4, -0.2) is 7.11 Å². The lowest BCUT2D eigenvalue weighted by atomic mass is 10.1. The number of hydrogen-bond donors (Lipinski definition) is 0. The fourth-order valence-electron chi connectivity index (χ4n) is 0.948. The van der Waals surface area contributed by atoms with Gasteiger partial charge in [0.05, 0.1) is 19.6 Å². The molecular formula is C9H7F2NO. The van der Waals surface area contributed by atoms with Gasteiger partial charge >= 0.3 is 0 Å². The highest BCUT2D eigenvalue weighted by Gasteiger charge is 2.09. The van der Waals surface area contributed by atoms with Crippen molar-refractivity contribution in [2.75, 3.05) is 7.11 Å². The molecule has 0 amide bonds. The maximum absolute atomic E-state index is 12.9. The summed E-state index contributed by atoms with van der Waals surface area (Å²) in [6.45, 7) is 0. The van der Waals surface area contributed by atoms with Gasteiger partial charge in [0.15, 0.2) is 11.6 Å². The number of ether oxygens (including phenoxy) is 1. The minimum atomic E-state index is -0.762. The first-order valence-electron chi connectivity index (χ1n) is 3.58. The molecule has 0 saturated heterocycles. The molecule has 0 aliphatic carbocycles. The molecular weight excluding hydrogens is 176 g/mol. The second-order valence-electron chi connectivity index (χ2n) is 2.41. The Hall–Kier alpha value is -1.63. The molecule has 0 saturated carbocycles. The zero-order valence-corrected chi connectivity index (χ0v) is 6.97. The molecule has 0 aliphatic heterocycles. The molecule has 0 heterocycles. The van der Waals surface area contributed by atoms with E-state index in [4.69, 9.17) is 5.26 Å². The van der Waals surface area contributed by atoms with Crippen LogP contribution in [0.4, 0.5) is 8.78 Å². The monoisotopic (exact) mass is 183 g/mol. The van der Waals surface area contributed by atoms with Crippen molar-refractivity contribution in [1.29, 1.82) is 5.26 Å². The van der Waals surface area contributed by atoms with Gasteiger partial charge in [-0.2, -0.15) is 5.26 Å². The van der Waals surface area contributed by atoms with Crippen molar-refractivity contribution in [3.05, 3.63) is 29.3 Å². The van der Waals surface area contributed by atoms with Gasteiger partial charge in [0.2, 0.25) is 0 Å². The summed E-state index contributed by atoms with van der Waals surface area (Å²) in [5, 5.41) is 8.33. The molecule has 4 heteroatoms. The van der Waals surface area contributed by atoms with Gasteiger partial charge in [-0.15, -0.1) is 0 Å². The number of nitriles is 1. The van der Waals surface area contributed by atoms with E-state index >= 15 is 0 Å². The van der Waals surface area contributed by atoms with Crippen LogP contribution in [-0.2, 0) is 6.42 Å². The molecule has 1 aromatic carbocycles. The van der Waals surface area contributed by atoms with Crippen molar-refractivity contribution in [2.45, 2.75) is 6.42 Å². The number of halogens is 2. The fraction of sp³-hybridized carbons (Fsp3) is 0.222. The first-order valence-corrected chi connectivity index (χ1v) is 3.58. The quantitative estimate of drug-likeness (QED) is 0.702. The second-order valence-corrected chi connectivity index (χ2v) is 2.41. The summed E-state index contributed by atoms with van der Waals surface area (Å²) in [4.78, 5) is 0. The largest absolute Gasteiger partial charge is 0.494 e. The highest BCUT2D eigenvalue weighted by molar-refractivity contribution is 5.32. The number of rotatable bonds is 2. The summed E-state index contributed by atoms with van der Waals surface area (Å²) in [5.41, 5.74) is 0.140. The Labute approximate surface area is 74.4 Å². The first-order chi connectivity index (χ1) is 6.19. The van der Waals surface area contributed by atoms with E-state index in [2.05, 4.69) is 4.74 Å². The lowest BCUT2D eigenvalue weighted by molar-refractivity contribution is 0.383. The van der Waals surface area contributed by atoms with E-state index in [9.17, 15) is 8.78 Å². The number of methoxy groups -OCH3 is 1. The molecule has 68 valence electrons. The predicted molar refractivity (Wildman–Crippen MR) is 42.2 cm³/mol. The Morgan fingerprint density at radius 2 is 2.08 bits per heavy atom. The third-order valence-electron chi connectivity index (χ3n) is 1.59. The van der Waals surface area contributed by atoms with Crippen LogP contribution in [0, 0.1) is 23.0 Å². The summed E-state index contributed by atoms with van der Waals surface area (Å²) in [7, 11) is 1.28. The predicted octanol–water partition coefficient (Wildman–Crippen LogP) is 2.04.